The van der Waals surface area contributed by atoms with Crippen LogP contribution in [0.25, 0.3) is 0 Å². The fraction of sp³-hybridized carbons (Fsp3) is 0.833. The van der Waals surface area contributed by atoms with E-state index in [-0.39, 0.29) is 5.54 Å². The maximum absolute atomic E-state index is 4.23. The zero-order valence-electron chi connectivity index (χ0n) is 9.95. The van der Waals surface area contributed by atoms with Gasteiger partial charge in [-0.2, -0.15) is 0 Å². The van der Waals surface area contributed by atoms with Crippen molar-refractivity contribution in [1.82, 2.24) is 20.3 Å². The van der Waals surface area contributed by atoms with Crippen molar-refractivity contribution in [3.63, 3.8) is 0 Å². The third-order valence-electron chi connectivity index (χ3n) is 3.97. The summed E-state index contributed by atoms with van der Waals surface area (Å²) in [6.45, 7) is 4.33. The summed E-state index contributed by atoms with van der Waals surface area (Å²) in [7, 11) is 0. The van der Waals surface area contributed by atoms with E-state index in [1.807, 2.05) is 6.20 Å². The van der Waals surface area contributed by atoms with Crippen molar-refractivity contribution >= 4 is 0 Å². The number of aryl methyl sites for hydroxylation is 1. The summed E-state index contributed by atoms with van der Waals surface area (Å²) < 4.78 is 2.11. The smallest absolute Gasteiger partial charge is 0.0790 e. The Morgan fingerprint density at radius 2 is 2.44 bits per heavy atom. The summed E-state index contributed by atoms with van der Waals surface area (Å²) in [6.07, 6.45) is 8.38. The number of rotatable bonds is 4. The Bertz CT molecular complexity index is 361. The summed E-state index contributed by atoms with van der Waals surface area (Å²) in [4.78, 5) is 0. The van der Waals surface area contributed by atoms with Crippen LogP contribution in [-0.4, -0.2) is 21.5 Å². The molecule has 4 nitrogen and oxygen atoms in total. The van der Waals surface area contributed by atoms with Gasteiger partial charge in [-0.05, 0) is 44.6 Å². The van der Waals surface area contributed by atoms with Gasteiger partial charge in [-0.3, -0.25) is 0 Å². The number of hydrogen-bond acceptors (Lipinski definition) is 3. The zero-order valence-corrected chi connectivity index (χ0v) is 9.95. The lowest BCUT2D eigenvalue weighted by molar-refractivity contribution is 0.305. The number of nitrogens with zero attached hydrogens (tertiary/aromatic N) is 3. The molecule has 2 aliphatic rings. The van der Waals surface area contributed by atoms with Crippen LogP contribution in [0.2, 0.25) is 0 Å². The second-order valence-electron chi connectivity index (χ2n) is 5.12. The highest BCUT2D eigenvalue weighted by Crippen LogP contribution is 2.49. The minimum Gasteiger partial charge on any atom is -0.306 e. The van der Waals surface area contributed by atoms with Gasteiger partial charge in [-0.1, -0.05) is 12.1 Å². The average molecular weight is 220 g/mol. The lowest BCUT2D eigenvalue weighted by atomic mass is 9.88. The molecule has 1 atom stereocenters. The van der Waals surface area contributed by atoms with Crippen LogP contribution in [0.3, 0.4) is 0 Å². The molecule has 88 valence electrons. The van der Waals surface area contributed by atoms with Crippen molar-refractivity contribution < 1.29 is 0 Å². The molecular formula is C12H20N4. The SMILES string of the molecule is CCCn1nncc1C1(C2CC2)CCCN1. The Morgan fingerprint density at radius 1 is 1.56 bits per heavy atom. The Kier molecular flexibility index (Phi) is 2.46. The minimum atomic E-state index is 0.207. The number of aromatic nitrogens is 3. The van der Waals surface area contributed by atoms with Crippen molar-refractivity contribution in [2.45, 2.75) is 51.1 Å². The van der Waals surface area contributed by atoms with Gasteiger partial charge in [0.1, 0.15) is 0 Å². The molecule has 0 amide bonds. The van der Waals surface area contributed by atoms with E-state index in [1.165, 1.54) is 31.4 Å². The molecule has 16 heavy (non-hydrogen) atoms. The van der Waals surface area contributed by atoms with E-state index in [2.05, 4.69) is 27.2 Å². The largest absolute Gasteiger partial charge is 0.306 e. The van der Waals surface area contributed by atoms with Gasteiger partial charge in [0.15, 0.2) is 0 Å². The Hall–Kier alpha value is -0.900. The van der Waals surface area contributed by atoms with Gasteiger partial charge < -0.3 is 5.32 Å². The van der Waals surface area contributed by atoms with Crippen LogP contribution in [0, 0.1) is 5.92 Å². The molecule has 0 aromatic carbocycles. The predicted octanol–water partition coefficient (Wildman–Crippen LogP) is 1.68. The summed E-state index contributed by atoms with van der Waals surface area (Å²) in [5.41, 5.74) is 1.54. The summed E-state index contributed by atoms with van der Waals surface area (Å²) in [5.74, 6) is 0.823. The van der Waals surface area contributed by atoms with Gasteiger partial charge in [0.05, 0.1) is 17.4 Å². The van der Waals surface area contributed by atoms with Crippen LogP contribution < -0.4 is 5.32 Å². The molecule has 1 aliphatic heterocycles. The first-order chi connectivity index (χ1) is 7.87. The maximum atomic E-state index is 4.23. The van der Waals surface area contributed by atoms with Gasteiger partial charge >= 0.3 is 0 Å². The van der Waals surface area contributed by atoms with E-state index in [0.29, 0.717) is 0 Å². The normalized spacial score (nSPS) is 29.8. The molecule has 1 saturated carbocycles. The fourth-order valence-corrected chi connectivity index (χ4v) is 3.10. The lowest BCUT2D eigenvalue weighted by Crippen LogP contribution is -2.41. The highest BCUT2D eigenvalue weighted by Gasteiger charge is 2.49. The molecule has 3 rings (SSSR count). The van der Waals surface area contributed by atoms with Crippen LogP contribution in [0.1, 0.15) is 44.7 Å². The van der Waals surface area contributed by atoms with Crippen LogP contribution in [-0.2, 0) is 12.1 Å². The molecular weight excluding hydrogens is 200 g/mol. The van der Waals surface area contributed by atoms with Gasteiger partial charge in [-0.25, -0.2) is 4.68 Å². The Labute approximate surface area is 96.4 Å². The highest BCUT2D eigenvalue weighted by atomic mass is 15.4. The molecule has 1 aromatic heterocycles. The number of hydrogen-bond donors (Lipinski definition) is 1. The van der Waals surface area contributed by atoms with Gasteiger partial charge in [0.25, 0.3) is 0 Å². The van der Waals surface area contributed by atoms with E-state index < -0.39 is 0 Å². The van der Waals surface area contributed by atoms with E-state index in [4.69, 9.17) is 0 Å². The molecule has 2 heterocycles. The third-order valence-corrected chi connectivity index (χ3v) is 3.97. The quantitative estimate of drug-likeness (QED) is 0.839. The molecule has 1 aliphatic carbocycles. The van der Waals surface area contributed by atoms with Crippen molar-refractivity contribution in [2.24, 2.45) is 5.92 Å². The summed E-state index contributed by atoms with van der Waals surface area (Å²) >= 11 is 0. The van der Waals surface area contributed by atoms with Gasteiger partial charge in [0.2, 0.25) is 0 Å². The van der Waals surface area contributed by atoms with Crippen molar-refractivity contribution in [2.75, 3.05) is 6.54 Å². The standard InChI is InChI=1S/C12H20N4/c1-2-8-16-11(9-14-15-16)12(10-4-5-10)6-3-7-13-12/h9-10,13H,2-8H2,1H3. The zero-order chi connectivity index (χ0) is 11.0. The van der Waals surface area contributed by atoms with Gasteiger partial charge in [-0.15, -0.1) is 5.10 Å². The van der Waals surface area contributed by atoms with E-state index in [1.54, 1.807) is 0 Å². The first-order valence-electron chi connectivity index (χ1n) is 6.51. The molecule has 2 fully saturated rings. The second kappa shape index (κ2) is 3.84. The number of nitrogens with one attached hydrogen (secondary N) is 1. The molecule has 1 unspecified atom stereocenters. The summed E-state index contributed by atoms with van der Waals surface area (Å²) in [5, 5.41) is 12.1. The molecule has 0 radical (unpaired) electrons. The second-order valence-corrected chi connectivity index (χ2v) is 5.12. The fourth-order valence-electron chi connectivity index (χ4n) is 3.10. The first kappa shape index (κ1) is 10.3. The van der Waals surface area contributed by atoms with E-state index in [9.17, 15) is 0 Å². The first-order valence-corrected chi connectivity index (χ1v) is 6.51. The van der Waals surface area contributed by atoms with Crippen LogP contribution >= 0.6 is 0 Å². The molecule has 0 bridgehead atoms. The van der Waals surface area contributed by atoms with E-state index in [0.717, 1.165) is 25.4 Å². The molecule has 4 heteroatoms. The van der Waals surface area contributed by atoms with Crippen LogP contribution in [0.5, 0.6) is 0 Å². The molecule has 0 spiro atoms. The van der Waals surface area contributed by atoms with Crippen LogP contribution in [0.4, 0.5) is 0 Å². The van der Waals surface area contributed by atoms with Crippen molar-refractivity contribution in [3.05, 3.63) is 11.9 Å². The average Bonchev–Trinajstić information content (AvgIpc) is 2.87. The third kappa shape index (κ3) is 1.47. The van der Waals surface area contributed by atoms with Crippen LogP contribution in [0.15, 0.2) is 6.20 Å². The van der Waals surface area contributed by atoms with Gasteiger partial charge in [0, 0.05) is 6.54 Å². The predicted molar refractivity (Wildman–Crippen MR) is 62.0 cm³/mol. The van der Waals surface area contributed by atoms with E-state index >= 15 is 0 Å². The Balaban J connectivity index is 1.95. The Morgan fingerprint density at radius 3 is 3.06 bits per heavy atom. The lowest BCUT2D eigenvalue weighted by Gasteiger charge is -2.29. The summed E-state index contributed by atoms with van der Waals surface area (Å²) in [6, 6.07) is 0. The topological polar surface area (TPSA) is 42.7 Å². The minimum absolute atomic E-state index is 0.207. The van der Waals surface area contributed by atoms with Crippen molar-refractivity contribution in [3.8, 4) is 0 Å². The maximum Gasteiger partial charge on any atom is 0.0790 e. The molecule has 1 saturated heterocycles. The molecule has 1 N–H and O–H groups in total. The molecule has 1 aromatic rings. The highest BCUT2D eigenvalue weighted by molar-refractivity contribution is 5.19. The van der Waals surface area contributed by atoms with Crippen molar-refractivity contribution in [1.29, 1.82) is 0 Å². The monoisotopic (exact) mass is 220 g/mol.